The van der Waals surface area contributed by atoms with E-state index < -0.39 is 42.3 Å². The summed E-state index contributed by atoms with van der Waals surface area (Å²) in [6, 6.07) is 10.2. The highest BCUT2D eigenvalue weighted by Crippen LogP contribution is 2.34. The molecule has 204 valence electrons. The zero-order chi connectivity index (χ0) is 27.9. The van der Waals surface area contributed by atoms with Crippen LogP contribution in [0, 0.1) is 5.82 Å². The molecule has 3 rings (SSSR count). The van der Waals surface area contributed by atoms with Crippen molar-refractivity contribution in [1.29, 1.82) is 0 Å². The normalized spacial score (nSPS) is 13.2. The third-order valence-electron chi connectivity index (χ3n) is 5.72. The summed E-state index contributed by atoms with van der Waals surface area (Å²) in [5, 5.41) is 5.74. The zero-order valence-electron chi connectivity index (χ0n) is 20.4. The van der Waals surface area contributed by atoms with E-state index in [-0.39, 0.29) is 24.3 Å². The maximum atomic E-state index is 13.5. The standard InChI is InChI=1S/C26H25F6N3O3/c1-33-24(36)23(16-5-8-18(27)9-6-16)35-19(10-3-15-4-12-22(34-14-15)26(30,31)32)17-7-11-20(38-25(28)29)21(13-17)37-2/h4-9,11-14,19,23,25,35H,3,10H2,1-2H3,(H,33,36)/t19-,23-/m0/s1. The second-order valence-electron chi connectivity index (χ2n) is 8.19. The van der Waals surface area contributed by atoms with Gasteiger partial charge < -0.3 is 14.8 Å². The predicted octanol–water partition coefficient (Wildman–Crippen LogP) is 5.60. The first-order valence-corrected chi connectivity index (χ1v) is 11.4. The van der Waals surface area contributed by atoms with Crippen molar-refractivity contribution >= 4 is 5.91 Å². The number of ether oxygens (including phenoxy) is 2. The van der Waals surface area contributed by atoms with Gasteiger partial charge in [-0.3, -0.25) is 15.1 Å². The number of likely N-dealkylation sites (N-methyl/N-ethyl adjacent to an activating group) is 1. The van der Waals surface area contributed by atoms with Gasteiger partial charge in [-0.2, -0.15) is 22.0 Å². The van der Waals surface area contributed by atoms with Gasteiger partial charge in [0.15, 0.2) is 11.5 Å². The monoisotopic (exact) mass is 541 g/mol. The molecule has 2 N–H and O–H groups in total. The number of carbonyl (C=O) groups is 1. The van der Waals surface area contributed by atoms with E-state index >= 15 is 0 Å². The Bertz CT molecular complexity index is 1200. The summed E-state index contributed by atoms with van der Waals surface area (Å²) in [7, 11) is 2.71. The number of benzene rings is 2. The number of nitrogens with zero attached hydrogens (tertiary/aromatic N) is 1. The second kappa shape index (κ2) is 12.6. The molecule has 0 aliphatic heterocycles. The number of pyridine rings is 1. The molecule has 1 aromatic heterocycles. The van der Waals surface area contributed by atoms with Crippen LogP contribution in [-0.4, -0.2) is 31.7 Å². The molecule has 1 amide bonds. The van der Waals surface area contributed by atoms with Gasteiger partial charge in [-0.1, -0.05) is 24.3 Å². The van der Waals surface area contributed by atoms with Crippen molar-refractivity contribution in [3.05, 3.63) is 89.0 Å². The van der Waals surface area contributed by atoms with Crippen molar-refractivity contribution in [2.24, 2.45) is 0 Å². The highest BCUT2D eigenvalue weighted by Gasteiger charge is 2.32. The lowest BCUT2D eigenvalue weighted by atomic mass is 9.96. The predicted molar refractivity (Wildman–Crippen MR) is 126 cm³/mol. The number of halogens is 6. The average molecular weight is 541 g/mol. The second-order valence-corrected chi connectivity index (χ2v) is 8.19. The van der Waals surface area contributed by atoms with Crippen LogP contribution in [0.15, 0.2) is 60.8 Å². The van der Waals surface area contributed by atoms with Crippen LogP contribution in [0.1, 0.15) is 40.9 Å². The maximum absolute atomic E-state index is 13.5. The first kappa shape index (κ1) is 28.8. The molecule has 12 heteroatoms. The van der Waals surface area contributed by atoms with E-state index in [0.717, 1.165) is 12.3 Å². The molecule has 1 heterocycles. The Morgan fingerprint density at radius 3 is 2.24 bits per heavy atom. The van der Waals surface area contributed by atoms with Gasteiger partial charge in [0.25, 0.3) is 0 Å². The number of hydrogen-bond acceptors (Lipinski definition) is 5. The van der Waals surface area contributed by atoms with E-state index in [0.29, 0.717) is 16.7 Å². The Balaban J connectivity index is 1.94. The highest BCUT2D eigenvalue weighted by atomic mass is 19.4. The Morgan fingerprint density at radius 2 is 1.68 bits per heavy atom. The largest absolute Gasteiger partial charge is 0.493 e. The molecule has 6 nitrogen and oxygen atoms in total. The molecule has 0 radical (unpaired) electrons. The van der Waals surface area contributed by atoms with Gasteiger partial charge >= 0.3 is 12.8 Å². The van der Waals surface area contributed by atoms with Crippen LogP contribution in [0.2, 0.25) is 0 Å². The van der Waals surface area contributed by atoms with Crippen molar-refractivity contribution in [3.63, 3.8) is 0 Å². The number of alkyl halides is 5. The van der Waals surface area contributed by atoms with E-state index in [1.54, 1.807) is 0 Å². The summed E-state index contributed by atoms with van der Waals surface area (Å²) in [4.78, 5) is 16.2. The van der Waals surface area contributed by atoms with Crippen LogP contribution in [-0.2, 0) is 17.4 Å². The fourth-order valence-corrected chi connectivity index (χ4v) is 3.82. The molecule has 0 spiro atoms. The van der Waals surface area contributed by atoms with Gasteiger partial charge in [0, 0.05) is 19.3 Å². The molecule has 0 unspecified atom stereocenters. The number of aromatic nitrogens is 1. The fourth-order valence-electron chi connectivity index (χ4n) is 3.82. The molecule has 38 heavy (non-hydrogen) atoms. The SMILES string of the molecule is CNC(=O)[C@@H](N[C@@H](CCc1ccc(C(F)(F)F)nc1)c1ccc(OC(F)F)c(OC)c1)c1ccc(F)cc1. The lowest BCUT2D eigenvalue weighted by Crippen LogP contribution is -2.38. The van der Waals surface area contributed by atoms with E-state index in [4.69, 9.17) is 4.74 Å². The van der Waals surface area contributed by atoms with Crippen molar-refractivity contribution in [1.82, 2.24) is 15.6 Å². The molecule has 2 aromatic carbocycles. The lowest BCUT2D eigenvalue weighted by molar-refractivity contribution is -0.141. The molecule has 0 saturated heterocycles. The number of amides is 1. The lowest BCUT2D eigenvalue weighted by Gasteiger charge is -2.26. The zero-order valence-corrected chi connectivity index (χ0v) is 20.4. The topological polar surface area (TPSA) is 72.5 Å². The summed E-state index contributed by atoms with van der Waals surface area (Å²) >= 11 is 0. The number of methoxy groups -OCH3 is 1. The number of rotatable bonds is 11. The Labute approximate surface area is 215 Å². The molecule has 3 aromatic rings. The quantitative estimate of drug-likeness (QED) is 0.309. The first-order valence-electron chi connectivity index (χ1n) is 11.4. The smallest absolute Gasteiger partial charge is 0.433 e. The molecule has 0 fully saturated rings. The summed E-state index contributed by atoms with van der Waals surface area (Å²) in [5.74, 6) is -1.10. The third-order valence-corrected chi connectivity index (χ3v) is 5.72. The summed E-state index contributed by atoms with van der Waals surface area (Å²) in [5.41, 5.74) is 0.467. The summed E-state index contributed by atoms with van der Waals surface area (Å²) in [6.45, 7) is -3.08. The van der Waals surface area contributed by atoms with Crippen molar-refractivity contribution < 1.29 is 40.6 Å². The van der Waals surface area contributed by atoms with Crippen molar-refractivity contribution in [3.8, 4) is 11.5 Å². The minimum absolute atomic E-state index is 0.0177. The summed E-state index contributed by atoms with van der Waals surface area (Å²) < 4.78 is 87.4. The molecule has 0 aliphatic carbocycles. The average Bonchev–Trinajstić information content (AvgIpc) is 2.89. The number of nitrogens with one attached hydrogen (secondary N) is 2. The number of hydrogen-bond donors (Lipinski definition) is 2. The van der Waals surface area contributed by atoms with Crippen LogP contribution in [0.5, 0.6) is 11.5 Å². The van der Waals surface area contributed by atoms with Crippen LogP contribution in [0.4, 0.5) is 26.3 Å². The molecular formula is C26H25F6N3O3. The summed E-state index contributed by atoms with van der Waals surface area (Å²) in [6.07, 6.45) is -2.93. The maximum Gasteiger partial charge on any atom is 0.433 e. The van der Waals surface area contributed by atoms with Gasteiger partial charge in [0.2, 0.25) is 5.91 Å². The van der Waals surface area contributed by atoms with E-state index in [1.807, 2.05) is 0 Å². The number of aryl methyl sites for hydroxylation is 1. The van der Waals surface area contributed by atoms with Gasteiger partial charge in [-0.15, -0.1) is 0 Å². The van der Waals surface area contributed by atoms with Gasteiger partial charge in [0.1, 0.15) is 17.6 Å². The Hall–Kier alpha value is -3.80. The Kier molecular flexibility index (Phi) is 9.56. The van der Waals surface area contributed by atoms with Crippen LogP contribution in [0.25, 0.3) is 0 Å². The van der Waals surface area contributed by atoms with Crippen molar-refractivity contribution in [2.45, 2.75) is 37.7 Å². The minimum Gasteiger partial charge on any atom is -0.493 e. The molecule has 2 atom stereocenters. The van der Waals surface area contributed by atoms with Crippen LogP contribution >= 0.6 is 0 Å². The molecule has 0 saturated carbocycles. The minimum atomic E-state index is -4.57. The van der Waals surface area contributed by atoms with Gasteiger partial charge in [-0.25, -0.2) is 4.39 Å². The molecule has 0 bridgehead atoms. The fraction of sp³-hybridized carbons (Fsp3) is 0.308. The molecular weight excluding hydrogens is 516 g/mol. The van der Waals surface area contributed by atoms with Crippen molar-refractivity contribution in [2.75, 3.05) is 14.2 Å². The highest BCUT2D eigenvalue weighted by molar-refractivity contribution is 5.83. The first-order chi connectivity index (χ1) is 18.0. The number of carbonyl (C=O) groups excluding carboxylic acids is 1. The Morgan fingerprint density at radius 1 is 1.00 bits per heavy atom. The van der Waals surface area contributed by atoms with Crippen LogP contribution < -0.4 is 20.1 Å². The van der Waals surface area contributed by atoms with Gasteiger partial charge in [0.05, 0.1) is 7.11 Å². The van der Waals surface area contributed by atoms with E-state index in [2.05, 4.69) is 20.4 Å². The molecule has 0 aliphatic rings. The third kappa shape index (κ3) is 7.60. The van der Waals surface area contributed by atoms with Crippen LogP contribution in [0.3, 0.4) is 0 Å². The van der Waals surface area contributed by atoms with E-state index in [1.165, 1.54) is 62.7 Å². The van der Waals surface area contributed by atoms with Gasteiger partial charge in [-0.05, 0) is 59.9 Å². The van der Waals surface area contributed by atoms with E-state index in [9.17, 15) is 31.1 Å².